The molecule has 5 heteroatoms. The fourth-order valence-electron chi connectivity index (χ4n) is 1.52. The Hall–Kier alpha value is -1.00. The van der Waals surface area contributed by atoms with Crippen LogP contribution in [0.3, 0.4) is 0 Å². The van der Waals surface area contributed by atoms with Crippen LogP contribution in [0.1, 0.15) is 25.5 Å². The van der Waals surface area contributed by atoms with Gasteiger partial charge < -0.3 is 4.74 Å². The van der Waals surface area contributed by atoms with E-state index < -0.39 is 0 Å². The Labute approximate surface area is 120 Å². The van der Waals surface area contributed by atoms with Crippen molar-refractivity contribution in [3.8, 4) is 11.5 Å². The molecule has 0 aliphatic carbocycles. The zero-order valence-corrected chi connectivity index (χ0v) is 12.6. The predicted molar refractivity (Wildman–Crippen MR) is 76.8 cm³/mol. The summed E-state index contributed by atoms with van der Waals surface area (Å²) in [6, 6.07) is 5.92. The van der Waals surface area contributed by atoms with Gasteiger partial charge in [-0.15, -0.1) is 0 Å². The third-order valence-electron chi connectivity index (χ3n) is 2.51. The van der Waals surface area contributed by atoms with E-state index in [1.165, 1.54) is 0 Å². The van der Waals surface area contributed by atoms with E-state index in [9.17, 15) is 0 Å². The lowest BCUT2D eigenvalue weighted by Crippen LogP contribution is -1.99. The Morgan fingerprint density at radius 3 is 2.83 bits per heavy atom. The molecule has 0 bridgehead atoms. The first-order valence-corrected chi connectivity index (χ1v) is 7.16. The lowest BCUT2D eigenvalue weighted by molar-refractivity contribution is 0.473. The first kappa shape index (κ1) is 13.4. The van der Waals surface area contributed by atoms with Crippen molar-refractivity contribution >= 4 is 27.5 Å². The van der Waals surface area contributed by atoms with E-state index in [1.807, 2.05) is 29.1 Å². The van der Waals surface area contributed by atoms with Crippen LogP contribution >= 0.6 is 27.5 Å². The van der Waals surface area contributed by atoms with Gasteiger partial charge in [-0.2, -0.15) is 5.10 Å². The highest BCUT2D eigenvalue weighted by Crippen LogP contribution is 2.29. The maximum atomic E-state index is 5.98. The molecule has 0 aliphatic heterocycles. The van der Waals surface area contributed by atoms with Crippen LogP contribution in [0.2, 0.25) is 5.02 Å². The lowest BCUT2D eigenvalue weighted by Gasteiger charge is -2.08. The number of ether oxygens (including phenoxy) is 1. The number of hydrogen-bond donors (Lipinski definition) is 0. The molecule has 0 spiro atoms. The van der Waals surface area contributed by atoms with E-state index in [0.29, 0.717) is 16.8 Å². The minimum atomic E-state index is 0.317. The summed E-state index contributed by atoms with van der Waals surface area (Å²) in [5.74, 6) is 1.47. The van der Waals surface area contributed by atoms with Crippen molar-refractivity contribution in [2.24, 2.45) is 0 Å². The average molecular weight is 330 g/mol. The maximum absolute atomic E-state index is 5.98. The molecule has 2 aromatic rings. The summed E-state index contributed by atoms with van der Waals surface area (Å²) in [6.07, 6.45) is 3.59. The van der Waals surface area contributed by atoms with Gasteiger partial charge in [-0.25, -0.2) is 0 Å². The van der Waals surface area contributed by atoms with Gasteiger partial charge in [0.25, 0.3) is 0 Å². The molecule has 0 N–H and O–H groups in total. The van der Waals surface area contributed by atoms with E-state index >= 15 is 0 Å². The predicted octanol–water partition coefficient (Wildman–Crippen LogP) is 4.80. The number of alkyl halides is 1. The van der Waals surface area contributed by atoms with Crippen molar-refractivity contribution in [2.45, 2.75) is 25.2 Å². The first-order valence-electron chi connectivity index (χ1n) is 5.66. The Morgan fingerprint density at radius 2 is 2.22 bits per heavy atom. The molecule has 1 aromatic carbocycles. The molecular formula is C13H14BrClN2O. The molecule has 0 atom stereocenters. The van der Waals surface area contributed by atoms with Crippen LogP contribution < -0.4 is 4.74 Å². The van der Waals surface area contributed by atoms with Gasteiger partial charge in [-0.1, -0.05) is 33.6 Å². The zero-order valence-electron chi connectivity index (χ0n) is 10.2. The minimum Gasteiger partial charge on any atom is -0.454 e. The quantitative estimate of drug-likeness (QED) is 0.753. The molecule has 0 aliphatic rings. The standard InChI is InChI=1S/C13H14BrClN2O/c1-9(2)17-8-12(7-16-17)18-13-5-11(15)4-3-10(13)6-14/h3-5,7-9H,6H2,1-2H3. The second-order valence-electron chi connectivity index (χ2n) is 4.24. The third kappa shape index (κ3) is 3.06. The second kappa shape index (κ2) is 5.76. The van der Waals surface area contributed by atoms with Crippen LogP contribution in [-0.2, 0) is 5.33 Å². The molecule has 0 saturated heterocycles. The first-order chi connectivity index (χ1) is 8.60. The Bertz CT molecular complexity index is 540. The van der Waals surface area contributed by atoms with Gasteiger partial charge in [0.2, 0.25) is 0 Å². The summed E-state index contributed by atoms with van der Waals surface area (Å²) < 4.78 is 7.67. The summed E-state index contributed by atoms with van der Waals surface area (Å²) in [5, 5.41) is 5.62. The van der Waals surface area contributed by atoms with Gasteiger partial charge in [0.05, 0.1) is 12.4 Å². The highest BCUT2D eigenvalue weighted by molar-refractivity contribution is 9.08. The van der Waals surface area contributed by atoms with E-state index in [4.69, 9.17) is 16.3 Å². The van der Waals surface area contributed by atoms with Gasteiger partial charge >= 0.3 is 0 Å². The molecule has 1 heterocycles. The Balaban J connectivity index is 2.24. The van der Waals surface area contributed by atoms with Crippen molar-refractivity contribution in [3.63, 3.8) is 0 Å². The highest BCUT2D eigenvalue weighted by atomic mass is 79.9. The molecule has 0 saturated carbocycles. The van der Waals surface area contributed by atoms with Gasteiger partial charge in [0.15, 0.2) is 5.75 Å². The molecule has 96 valence electrons. The summed E-state index contributed by atoms with van der Waals surface area (Å²) in [5.41, 5.74) is 1.05. The van der Waals surface area contributed by atoms with Crippen molar-refractivity contribution in [1.29, 1.82) is 0 Å². The minimum absolute atomic E-state index is 0.317. The topological polar surface area (TPSA) is 27.1 Å². The number of nitrogens with zero attached hydrogens (tertiary/aromatic N) is 2. The number of benzene rings is 1. The zero-order chi connectivity index (χ0) is 13.1. The van der Waals surface area contributed by atoms with Gasteiger partial charge in [0, 0.05) is 22.0 Å². The van der Waals surface area contributed by atoms with Gasteiger partial charge in [-0.05, 0) is 26.0 Å². The number of rotatable bonds is 4. The van der Waals surface area contributed by atoms with Crippen molar-refractivity contribution in [3.05, 3.63) is 41.2 Å². The number of aromatic nitrogens is 2. The Morgan fingerprint density at radius 1 is 1.44 bits per heavy atom. The van der Waals surface area contributed by atoms with Crippen LogP contribution in [0.4, 0.5) is 0 Å². The molecule has 0 fully saturated rings. The fraction of sp³-hybridized carbons (Fsp3) is 0.308. The summed E-state index contributed by atoms with van der Waals surface area (Å²) in [6.45, 7) is 4.14. The maximum Gasteiger partial charge on any atom is 0.165 e. The summed E-state index contributed by atoms with van der Waals surface area (Å²) in [7, 11) is 0. The molecular weight excluding hydrogens is 316 g/mol. The van der Waals surface area contributed by atoms with E-state index in [1.54, 1.807) is 6.20 Å². The fourth-order valence-corrected chi connectivity index (χ4v) is 2.14. The van der Waals surface area contributed by atoms with Crippen molar-refractivity contribution in [2.75, 3.05) is 0 Å². The molecule has 2 rings (SSSR count). The van der Waals surface area contributed by atoms with Gasteiger partial charge in [-0.3, -0.25) is 4.68 Å². The SMILES string of the molecule is CC(C)n1cc(Oc2cc(Cl)ccc2CBr)cn1. The lowest BCUT2D eigenvalue weighted by atomic mass is 10.2. The van der Waals surface area contributed by atoms with Crippen molar-refractivity contribution in [1.82, 2.24) is 9.78 Å². The molecule has 0 unspecified atom stereocenters. The molecule has 0 radical (unpaired) electrons. The average Bonchev–Trinajstić information content (AvgIpc) is 2.78. The van der Waals surface area contributed by atoms with Crippen LogP contribution in [0.5, 0.6) is 11.5 Å². The Kier molecular flexibility index (Phi) is 4.30. The van der Waals surface area contributed by atoms with E-state index in [2.05, 4.69) is 34.9 Å². The van der Waals surface area contributed by atoms with E-state index in [-0.39, 0.29) is 0 Å². The normalized spacial score (nSPS) is 10.9. The van der Waals surface area contributed by atoms with Crippen molar-refractivity contribution < 1.29 is 4.74 Å². The molecule has 0 amide bonds. The largest absolute Gasteiger partial charge is 0.454 e. The van der Waals surface area contributed by atoms with Crippen LogP contribution in [0.25, 0.3) is 0 Å². The summed E-state index contributed by atoms with van der Waals surface area (Å²) >= 11 is 9.41. The number of hydrogen-bond acceptors (Lipinski definition) is 2. The smallest absolute Gasteiger partial charge is 0.165 e. The monoisotopic (exact) mass is 328 g/mol. The van der Waals surface area contributed by atoms with Crippen LogP contribution in [-0.4, -0.2) is 9.78 Å². The molecule has 18 heavy (non-hydrogen) atoms. The molecule has 3 nitrogen and oxygen atoms in total. The van der Waals surface area contributed by atoms with E-state index in [0.717, 1.165) is 16.6 Å². The molecule has 1 aromatic heterocycles. The van der Waals surface area contributed by atoms with Gasteiger partial charge in [0.1, 0.15) is 5.75 Å². The second-order valence-corrected chi connectivity index (χ2v) is 5.23. The third-order valence-corrected chi connectivity index (χ3v) is 3.35. The summed E-state index contributed by atoms with van der Waals surface area (Å²) in [4.78, 5) is 0. The van der Waals surface area contributed by atoms with Crippen LogP contribution in [0, 0.1) is 0 Å². The highest BCUT2D eigenvalue weighted by Gasteiger charge is 2.08. The number of halogens is 2. The van der Waals surface area contributed by atoms with Crippen LogP contribution in [0.15, 0.2) is 30.6 Å².